The van der Waals surface area contributed by atoms with Crippen LogP contribution in [0.25, 0.3) is 0 Å². The van der Waals surface area contributed by atoms with Gasteiger partial charge < -0.3 is 4.55 Å². The van der Waals surface area contributed by atoms with Crippen LogP contribution < -0.4 is 0 Å². The molecule has 0 aromatic carbocycles. The highest BCUT2D eigenvalue weighted by atomic mass is 32.2. The maximum Gasteiger partial charge on any atom is 0.0184 e. The third-order valence-electron chi connectivity index (χ3n) is 0.903. The molecule has 0 aromatic heterocycles. The summed E-state index contributed by atoms with van der Waals surface area (Å²) < 4.78 is 19.9. The third-order valence-corrected chi connectivity index (χ3v) is 1.89. The van der Waals surface area contributed by atoms with Gasteiger partial charge in [0.1, 0.15) is 0 Å². The molecule has 2 atom stereocenters. The van der Waals surface area contributed by atoms with Gasteiger partial charge in [0, 0.05) is 5.25 Å². The van der Waals surface area contributed by atoms with Crippen molar-refractivity contribution in [1.29, 1.82) is 0 Å². The van der Waals surface area contributed by atoms with Gasteiger partial charge in [-0.15, -0.1) is 0 Å². The van der Waals surface area contributed by atoms with Crippen molar-refractivity contribution in [3.8, 4) is 0 Å². The molecule has 0 aromatic rings. The standard InChI is InChI=1S/C4H10O2S.C4H10/c1-3-4(2)7(5)6;1-4(2)3/h4H,3H2,1-2H3,(H,5,6);4H,1-3H3/p-1. The smallest absolute Gasteiger partial charge is 0.0184 e. The van der Waals surface area contributed by atoms with E-state index in [1.165, 1.54) is 0 Å². The van der Waals surface area contributed by atoms with Crippen molar-refractivity contribution in [3.05, 3.63) is 0 Å². The van der Waals surface area contributed by atoms with Gasteiger partial charge in [0.25, 0.3) is 0 Å². The molecule has 0 heterocycles. The van der Waals surface area contributed by atoms with Crippen LogP contribution in [0.3, 0.4) is 0 Å². The molecular formula is C8H19O2S-. The predicted octanol–water partition coefficient (Wildman–Crippen LogP) is 2.33. The largest absolute Gasteiger partial charge is 0.772 e. The highest BCUT2D eigenvalue weighted by Gasteiger charge is 1.93. The zero-order valence-corrected chi connectivity index (χ0v) is 8.90. The summed E-state index contributed by atoms with van der Waals surface area (Å²) in [6.45, 7) is 10.0. The van der Waals surface area contributed by atoms with Gasteiger partial charge in [-0.1, -0.05) is 45.7 Å². The van der Waals surface area contributed by atoms with E-state index in [9.17, 15) is 8.76 Å². The van der Waals surface area contributed by atoms with Crippen molar-refractivity contribution in [2.75, 3.05) is 0 Å². The Kier molecular flexibility index (Phi) is 10.2. The quantitative estimate of drug-likeness (QED) is 0.610. The summed E-state index contributed by atoms with van der Waals surface area (Å²) in [5.74, 6) is 0.833. The van der Waals surface area contributed by atoms with Crippen molar-refractivity contribution >= 4 is 11.1 Å². The average molecular weight is 179 g/mol. The molecule has 0 aliphatic carbocycles. The zero-order valence-electron chi connectivity index (χ0n) is 8.09. The van der Waals surface area contributed by atoms with Gasteiger partial charge in [0.05, 0.1) is 0 Å². The Morgan fingerprint density at radius 2 is 1.55 bits per heavy atom. The summed E-state index contributed by atoms with van der Waals surface area (Å²) in [7, 11) is 0. The molecule has 0 fully saturated rings. The van der Waals surface area contributed by atoms with Crippen LogP contribution in [0.15, 0.2) is 0 Å². The Bertz CT molecular complexity index is 99.5. The summed E-state index contributed by atoms with van der Waals surface area (Å²) in [6, 6.07) is 0. The van der Waals surface area contributed by atoms with Gasteiger partial charge in [-0.2, -0.15) is 0 Å². The van der Waals surface area contributed by atoms with Gasteiger partial charge >= 0.3 is 0 Å². The maximum atomic E-state index is 9.93. The highest BCUT2D eigenvalue weighted by molar-refractivity contribution is 7.79. The van der Waals surface area contributed by atoms with E-state index in [-0.39, 0.29) is 5.25 Å². The van der Waals surface area contributed by atoms with E-state index in [4.69, 9.17) is 0 Å². The van der Waals surface area contributed by atoms with Gasteiger partial charge in [-0.3, -0.25) is 4.21 Å². The summed E-state index contributed by atoms with van der Waals surface area (Å²) in [5.41, 5.74) is 0. The van der Waals surface area contributed by atoms with Crippen molar-refractivity contribution < 1.29 is 8.76 Å². The van der Waals surface area contributed by atoms with E-state index in [1.807, 2.05) is 6.92 Å². The van der Waals surface area contributed by atoms with Gasteiger partial charge in [-0.25, -0.2) is 0 Å². The minimum absolute atomic E-state index is 0.181. The van der Waals surface area contributed by atoms with Crippen LogP contribution in [-0.2, 0) is 11.1 Å². The first-order valence-electron chi connectivity index (χ1n) is 3.99. The minimum atomic E-state index is -1.86. The Hall–Kier alpha value is 0.110. The van der Waals surface area contributed by atoms with E-state index in [0.717, 1.165) is 5.92 Å². The molecule has 0 aliphatic heterocycles. The number of rotatable bonds is 2. The van der Waals surface area contributed by atoms with E-state index >= 15 is 0 Å². The van der Waals surface area contributed by atoms with Crippen LogP contribution in [-0.4, -0.2) is 14.0 Å². The average Bonchev–Trinajstić information content (AvgIpc) is 1.85. The first kappa shape index (κ1) is 13.7. The van der Waals surface area contributed by atoms with Crippen LogP contribution in [0.4, 0.5) is 0 Å². The first-order chi connectivity index (χ1) is 4.91. The topological polar surface area (TPSA) is 40.1 Å². The van der Waals surface area contributed by atoms with Crippen molar-refractivity contribution in [3.63, 3.8) is 0 Å². The molecule has 0 amide bonds. The van der Waals surface area contributed by atoms with Crippen molar-refractivity contribution in [2.45, 2.75) is 46.3 Å². The summed E-state index contributed by atoms with van der Waals surface area (Å²) >= 11 is -1.86. The fraction of sp³-hybridized carbons (Fsp3) is 1.00. The lowest BCUT2D eigenvalue weighted by Crippen LogP contribution is -2.06. The normalized spacial score (nSPS) is 15.2. The van der Waals surface area contributed by atoms with Crippen LogP contribution in [0, 0.1) is 5.92 Å². The van der Waals surface area contributed by atoms with Gasteiger partial charge in [0.2, 0.25) is 0 Å². The Morgan fingerprint density at radius 1 is 1.27 bits per heavy atom. The van der Waals surface area contributed by atoms with Crippen LogP contribution >= 0.6 is 0 Å². The molecule has 2 unspecified atom stereocenters. The molecule has 0 spiro atoms. The van der Waals surface area contributed by atoms with Crippen LogP contribution in [0.2, 0.25) is 0 Å². The SMILES string of the molecule is CC(C)C.CCC(C)S(=O)[O-]. The molecule has 0 N–H and O–H groups in total. The van der Waals surface area contributed by atoms with E-state index in [2.05, 4.69) is 20.8 Å². The molecule has 11 heavy (non-hydrogen) atoms. The summed E-state index contributed by atoms with van der Waals surface area (Å²) in [5, 5.41) is -0.181. The van der Waals surface area contributed by atoms with Crippen molar-refractivity contribution in [2.24, 2.45) is 5.92 Å². The lowest BCUT2D eigenvalue weighted by atomic mass is 10.3. The highest BCUT2D eigenvalue weighted by Crippen LogP contribution is 1.94. The minimum Gasteiger partial charge on any atom is -0.772 e. The fourth-order valence-electron chi connectivity index (χ4n) is 0.136. The first-order valence-corrected chi connectivity index (χ1v) is 5.13. The second-order valence-electron chi connectivity index (χ2n) is 3.21. The van der Waals surface area contributed by atoms with E-state index in [0.29, 0.717) is 6.42 Å². The predicted molar refractivity (Wildman–Crippen MR) is 49.2 cm³/mol. The van der Waals surface area contributed by atoms with E-state index in [1.54, 1.807) is 6.92 Å². The molecule has 2 nitrogen and oxygen atoms in total. The summed E-state index contributed by atoms with van der Waals surface area (Å²) in [6.07, 6.45) is 0.704. The Labute approximate surface area is 72.7 Å². The molecule has 0 bridgehead atoms. The lowest BCUT2D eigenvalue weighted by molar-refractivity contribution is 0.523. The summed E-state index contributed by atoms with van der Waals surface area (Å²) in [4.78, 5) is 0. The monoisotopic (exact) mass is 179 g/mol. The van der Waals surface area contributed by atoms with Crippen molar-refractivity contribution in [1.82, 2.24) is 0 Å². The molecule has 70 valence electrons. The van der Waals surface area contributed by atoms with Gasteiger partial charge in [-0.05, 0) is 12.3 Å². The molecular weight excluding hydrogens is 160 g/mol. The van der Waals surface area contributed by atoms with E-state index < -0.39 is 11.1 Å². The molecule has 0 saturated carbocycles. The second-order valence-corrected chi connectivity index (χ2v) is 4.54. The molecule has 0 saturated heterocycles. The third kappa shape index (κ3) is 17.8. The van der Waals surface area contributed by atoms with Crippen LogP contribution in [0.1, 0.15) is 41.0 Å². The second kappa shape index (κ2) is 8.21. The van der Waals surface area contributed by atoms with Gasteiger partial charge in [0.15, 0.2) is 0 Å². The van der Waals surface area contributed by atoms with Crippen LogP contribution in [0.5, 0.6) is 0 Å². The molecule has 0 rings (SSSR count). The Morgan fingerprint density at radius 3 is 1.55 bits per heavy atom. The Balaban J connectivity index is 0. The maximum absolute atomic E-state index is 9.93. The number of hydrogen-bond donors (Lipinski definition) is 0. The zero-order chi connectivity index (χ0) is 9.44. The fourth-order valence-corrected chi connectivity index (χ4v) is 0.408. The lowest BCUT2D eigenvalue weighted by Gasteiger charge is -2.10. The number of hydrogen-bond acceptors (Lipinski definition) is 2. The molecule has 0 aliphatic rings. The molecule has 0 radical (unpaired) electrons. The molecule has 3 heteroatoms.